The molecule has 170 valence electrons. The van der Waals surface area contributed by atoms with Crippen molar-refractivity contribution in [2.24, 2.45) is 0 Å². The average molecular weight is 458 g/mol. The maximum atomic E-state index is 12.2. The summed E-state index contributed by atoms with van der Waals surface area (Å²) in [5, 5.41) is 41.1. The largest absolute Gasteiger partial charge is 0.326 e. The van der Waals surface area contributed by atoms with E-state index in [4.69, 9.17) is 4.52 Å². The molecule has 1 aromatic heterocycles. The van der Waals surface area contributed by atoms with Crippen molar-refractivity contribution in [1.82, 2.24) is 5.27 Å². The zero-order valence-corrected chi connectivity index (χ0v) is 16.9. The van der Waals surface area contributed by atoms with Crippen molar-refractivity contribution < 1.29 is 28.8 Å². The van der Waals surface area contributed by atoms with Crippen LogP contribution in [0.1, 0.15) is 18.5 Å². The van der Waals surface area contributed by atoms with Crippen LogP contribution in [-0.4, -0.2) is 26.1 Å². The molecular formula is C18H16N7O8+. The fraction of sp³-hybridized carbons (Fsp3) is 0.167. The second-order valence-electron chi connectivity index (χ2n) is 6.82. The van der Waals surface area contributed by atoms with Gasteiger partial charge in [-0.15, -0.1) is 0 Å². The van der Waals surface area contributed by atoms with Crippen molar-refractivity contribution in [3.63, 3.8) is 0 Å². The molecule has 1 atom stereocenters. The normalized spacial score (nSPS) is 11.4. The lowest BCUT2D eigenvalue weighted by molar-refractivity contribution is -0.782. The van der Waals surface area contributed by atoms with E-state index in [9.17, 15) is 35.1 Å². The molecule has 0 aliphatic carbocycles. The highest BCUT2D eigenvalue weighted by Crippen LogP contribution is 2.29. The molecule has 0 spiro atoms. The van der Waals surface area contributed by atoms with Crippen LogP contribution in [0.2, 0.25) is 0 Å². The number of carbonyl (C=O) groups is 1. The number of nitrogens with one attached hydrogen (secondary N) is 2. The first-order valence-electron chi connectivity index (χ1n) is 9.26. The van der Waals surface area contributed by atoms with E-state index in [1.807, 2.05) is 6.92 Å². The third-order valence-electron chi connectivity index (χ3n) is 4.49. The fourth-order valence-corrected chi connectivity index (χ4v) is 2.87. The molecule has 3 rings (SSSR count). The Bertz CT molecular complexity index is 1220. The summed E-state index contributed by atoms with van der Waals surface area (Å²) in [4.78, 5) is 42.8. The first-order chi connectivity index (χ1) is 15.6. The van der Waals surface area contributed by atoms with E-state index in [1.54, 1.807) is 12.1 Å². The number of nitro groups is 3. The van der Waals surface area contributed by atoms with Gasteiger partial charge in [0.2, 0.25) is 5.27 Å². The number of urea groups is 1. The Morgan fingerprint density at radius 3 is 2.24 bits per heavy atom. The Labute approximate surface area is 184 Å². The second-order valence-corrected chi connectivity index (χ2v) is 6.82. The van der Waals surface area contributed by atoms with E-state index < -0.39 is 32.2 Å². The molecule has 0 saturated carbocycles. The van der Waals surface area contributed by atoms with Crippen molar-refractivity contribution in [3.05, 3.63) is 84.6 Å². The topological polar surface area (TPSA) is 200 Å². The number of hydrogen-bond acceptors (Lipinski definition) is 9. The summed E-state index contributed by atoms with van der Waals surface area (Å²) in [5.74, 6) is -0.0624. The van der Waals surface area contributed by atoms with Crippen LogP contribution >= 0.6 is 0 Å². The standard InChI is InChI=1S/C18H15N7O8/c1-11(8-12-2-4-13(5-3-12)23(27)28)22-10-17(33-21-22)20-18(26)19-15-7-6-14(24(29)30)9-16(15)25(31)32/h2-7,9-11H,8H2,1H3,(H-,19,20,21,26)/p+1/t11-/m0/s1. The Hall–Kier alpha value is -4.95. The van der Waals surface area contributed by atoms with Crippen molar-refractivity contribution >= 4 is 34.7 Å². The summed E-state index contributed by atoms with van der Waals surface area (Å²) in [5.41, 5.74) is -0.593. The van der Waals surface area contributed by atoms with E-state index in [2.05, 4.69) is 15.9 Å². The summed E-state index contributed by atoms with van der Waals surface area (Å²) in [6.45, 7) is 1.81. The second kappa shape index (κ2) is 9.46. The van der Waals surface area contributed by atoms with Crippen molar-refractivity contribution in [2.75, 3.05) is 10.6 Å². The predicted molar refractivity (Wildman–Crippen MR) is 111 cm³/mol. The number of anilines is 2. The highest BCUT2D eigenvalue weighted by molar-refractivity contribution is 6.00. The Kier molecular flexibility index (Phi) is 6.52. The van der Waals surface area contributed by atoms with Gasteiger partial charge in [0.05, 0.1) is 20.8 Å². The number of aromatic nitrogens is 2. The highest BCUT2D eigenvalue weighted by Gasteiger charge is 2.24. The van der Waals surface area contributed by atoms with Crippen molar-refractivity contribution in [2.45, 2.75) is 19.4 Å². The van der Waals surface area contributed by atoms with Gasteiger partial charge in [-0.25, -0.2) is 4.79 Å². The maximum absolute atomic E-state index is 12.2. The third-order valence-corrected chi connectivity index (χ3v) is 4.49. The highest BCUT2D eigenvalue weighted by atomic mass is 16.6. The first-order valence-corrected chi connectivity index (χ1v) is 9.26. The molecule has 33 heavy (non-hydrogen) atoms. The molecule has 1 heterocycles. The molecule has 2 amide bonds. The zero-order valence-electron chi connectivity index (χ0n) is 16.9. The molecule has 15 nitrogen and oxygen atoms in total. The van der Waals surface area contributed by atoms with Gasteiger partial charge in [-0.3, -0.25) is 40.2 Å². The van der Waals surface area contributed by atoms with Gasteiger partial charge in [0, 0.05) is 31.5 Å². The summed E-state index contributed by atoms with van der Waals surface area (Å²) in [7, 11) is 0. The number of amides is 2. The van der Waals surface area contributed by atoms with Crippen LogP contribution in [0.5, 0.6) is 0 Å². The third kappa shape index (κ3) is 5.60. The molecule has 2 aromatic carbocycles. The van der Waals surface area contributed by atoms with Gasteiger partial charge < -0.3 is 5.32 Å². The average Bonchev–Trinajstić information content (AvgIpc) is 3.22. The number of rotatable bonds is 8. The lowest BCUT2D eigenvalue weighted by atomic mass is 10.1. The van der Waals surface area contributed by atoms with E-state index >= 15 is 0 Å². The Morgan fingerprint density at radius 2 is 1.64 bits per heavy atom. The summed E-state index contributed by atoms with van der Waals surface area (Å²) >= 11 is 0. The maximum Gasteiger partial charge on any atom is 0.326 e. The predicted octanol–water partition coefficient (Wildman–Crippen LogP) is 3.13. The summed E-state index contributed by atoms with van der Waals surface area (Å²) in [6, 6.07) is 7.71. The number of hydrogen-bond donors (Lipinski definition) is 2. The van der Waals surface area contributed by atoms with Crippen LogP contribution in [0.25, 0.3) is 0 Å². The van der Waals surface area contributed by atoms with Crippen molar-refractivity contribution in [1.29, 1.82) is 0 Å². The van der Waals surface area contributed by atoms with Crippen molar-refractivity contribution in [3.8, 4) is 0 Å². The molecule has 0 fully saturated rings. The number of nitrogens with zero attached hydrogens (tertiary/aromatic N) is 5. The molecule has 0 bridgehead atoms. The van der Waals surface area contributed by atoms with E-state index in [0.717, 1.165) is 23.8 Å². The molecule has 0 radical (unpaired) electrons. The minimum atomic E-state index is -0.890. The molecule has 0 unspecified atom stereocenters. The fourth-order valence-electron chi connectivity index (χ4n) is 2.87. The molecule has 0 aliphatic heterocycles. The summed E-state index contributed by atoms with van der Waals surface area (Å²) in [6.07, 6.45) is 1.86. The number of nitro benzene ring substituents is 3. The van der Waals surface area contributed by atoms with Crippen LogP contribution in [-0.2, 0) is 6.42 Å². The van der Waals surface area contributed by atoms with Gasteiger partial charge in [0.15, 0.2) is 6.04 Å². The summed E-state index contributed by atoms with van der Waals surface area (Å²) < 4.78 is 6.46. The molecular weight excluding hydrogens is 442 g/mol. The number of benzene rings is 2. The van der Waals surface area contributed by atoms with E-state index in [-0.39, 0.29) is 23.3 Å². The lowest BCUT2D eigenvalue weighted by Gasteiger charge is -2.05. The van der Waals surface area contributed by atoms with Gasteiger partial charge >= 0.3 is 11.9 Å². The van der Waals surface area contributed by atoms with Crippen LogP contribution in [0, 0.1) is 30.3 Å². The molecule has 0 aliphatic rings. The zero-order chi connectivity index (χ0) is 24.1. The molecule has 3 aromatic rings. The molecule has 2 N–H and O–H groups in total. The van der Waals surface area contributed by atoms with E-state index in [1.165, 1.54) is 23.0 Å². The Balaban J connectivity index is 1.64. The van der Waals surface area contributed by atoms with Crippen LogP contribution < -0.4 is 15.3 Å². The quantitative estimate of drug-likeness (QED) is 0.289. The molecule has 15 heteroatoms. The SMILES string of the molecule is C[C@@H](Cc1ccc([N+](=O)[O-])cc1)[n+]1cc(NC(=O)Nc2ccc([N+](=O)[O-])cc2[N+](=O)[O-])on1. The van der Waals surface area contributed by atoms with Gasteiger partial charge in [-0.05, 0) is 16.3 Å². The van der Waals surface area contributed by atoms with Crippen LogP contribution in [0.15, 0.2) is 53.2 Å². The minimum Gasteiger partial charge on any atom is -0.302 e. The lowest BCUT2D eigenvalue weighted by Crippen LogP contribution is -2.40. The minimum absolute atomic E-state index is 0.0220. The van der Waals surface area contributed by atoms with Crippen LogP contribution in [0.3, 0.4) is 0 Å². The molecule has 0 saturated heterocycles. The van der Waals surface area contributed by atoms with Crippen LogP contribution in [0.4, 0.5) is 33.4 Å². The van der Waals surface area contributed by atoms with Gasteiger partial charge in [-0.2, -0.15) is 0 Å². The van der Waals surface area contributed by atoms with Gasteiger partial charge in [-0.1, -0.05) is 12.1 Å². The van der Waals surface area contributed by atoms with Gasteiger partial charge in [0.1, 0.15) is 5.69 Å². The van der Waals surface area contributed by atoms with Gasteiger partial charge in [0.25, 0.3) is 23.3 Å². The monoisotopic (exact) mass is 458 g/mol. The smallest absolute Gasteiger partial charge is 0.302 e. The first kappa shape index (κ1) is 22.7. The number of carbonyl (C=O) groups excluding carboxylic acids is 1. The number of non-ortho nitro benzene ring substituents is 2. The Morgan fingerprint density at radius 1 is 1.00 bits per heavy atom. The van der Waals surface area contributed by atoms with E-state index in [0.29, 0.717) is 6.42 Å².